The van der Waals surface area contributed by atoms with E-state index >= 15 is 0 Å². The average molecular weight is 647 g/mol. The summed E-state index contributed by atoms with van der Waals surface area (Å²) in [5.74, 6) is -4.38. The van der Waals surface area contributed by atoms with Crippen molar-refractivity contribution in [2.45, 2.75) is 50.6 Å². The third kappa shape index (κ3) is 10.6. The van der Waals surface area contributed by atoms with E-state index in [9.17, 15) is 27.9 Å². The molecule has 0 amide bonds. The second-order valence-corrected chi connectivity index (χ2v) is 11.7. The largest absolute Gasteiger partial charge is 0.475 e. The predicted molar refractivity (Wildman–Crippen MR) is 159 cm³/mol. The van der Waals surface area contributed by atoms with Crippen molar-refractivity contribution >= 4 is 7.82 Å². The van der Waals surface area contributed by atoms with Crippen LogP contribution in [0.1, 0.15) is 22.3 Å². The maximum atomic E-state index is 14.0. The van der Waals surface area contributed by atoms with Crippen LogP contribution in [0.15, 0.2) is 121 Å². The zero-order chi connectivity index (χ0) is 32.2. The number of halogens is 3. The van der Waals surface area contributed by atoms with Gasteiger partial charge >= 0.3 is 14.0 Å². The molecule has 0 bridgehead atoms. The van der Waals surface area contributed by atoms with E-state index in [4.69, 9.17) is 23.0 Å². The number of phosphoric ester groups is 1. The van der Waals surface area contributed by atoms with Gasteiger partial charge < -0.3 is 19.7 Å². The maximum Gasteiger partial charge on any atom is 0.475 e. The number of hydrogen-bond donors (Lipinski definition) is 2. The molecule has 240 valence electrons. The van der Waals surface area contributed by atoms with Gasteiger partial charge in [0, 0.05) is 0 Å². The van der Waals surface area contributed by atoms with Gasteiger partial charge in [0.1, 0.15) is 12.2 Å². The fourth-order valence-corrected chi connectivity index (χ4v) is 5.30. The summed E-state index contributed by atoms with van der Waals surface area (Å²) in [6.45, 7) is -1.98. The standard InChI is InChI=1S/C33H34F3O8P/c34-33(35,36)32(37,38)31(41-22-27-15-7-2-8-16-27)30(40-21-26-13-5-1-6-14-26)25-44-45(39,42-23-28-17-9-3-10-18-28)43-24-29-19-11-4-12-20-29/h1-20,30-31,37-38H,21-25H2/t30-,31+/m1/s1. The van der Waals surface area contributed by atoms with Crippen molar-refractivity contribution in [1.29, 1.82) is 0 Å². The Kier molecular flexibility index (Phi) is 12.5. The molecule has 0 unspecified atom stereocenters. The highest BCUT2D eigenvalue weighted by molar-refractivity contribution is 7.48. The Morgan fingerprint density at radius 1 is 0.556 bits per heavy atom. The predicted octanol–water partition coefficient (Wildman–Crippen LogP) is 6.96. The zero-order valence-corrected chi connectivity index (χ0v) is 25.1. The van der Waals surface area contributed by atoms with Gasteiger partial charge in [-0.05, 0) is 22.3 Å². The Morgan fingerprint density at radius 2 is 0.911 bits per heavy atom. The number of hydrogen-bond acceptors (Lipinski definition) is 8. The number of aliphatic hydroxyl groups is 2. The van der Waals surface area contributed by atoms with E-state index in [1.807, 2.05) is 0 Å². The number of ether oxygens (including phenoxy) is 2. The van der Waals surface area contributed by atoms with Gasteiger partial charge in [0.05, 0.1) is 33.0 Å². The van der Waals surface area contributed by atoms with Crippen LogP contribution >= 0.6 is 7.82 Å². The van der Waals surface area contributed by atoms with Crippen LogP contribution in [0.25, 0.3) is 0 Å². The van der Waals surface area contributed by atoms with Crippen molar-refractivity contribution in [2.75, 3.05) is 6.61 Å². The molecule has 12 heteroatoms. The zero-order valence-electron chi connectivity index (χ0n) is 24.2. The summed E-state index contributed by atoms with van der Waals surface area (Å²) in [4.78, 5) is 0. The van der Waals surface area contributed by atoms with Crippen molar-refractivity contribution in [3.63, 3.8) is 0 Å². The van der Waals surface area contributed by atoms with Crippen LogP contribution in [0, 0.1) is 0 Å². The van der Waals surface area contributed by atoms with Gasteiger partial charge in [-0.1, -0.05) is 121 Å². The molecule has 0 saturated heterocycles. The molecule has 0 spiro atoms. The number of benzene rings is 4. The molecule has 45 heavy (non-hydrogen) atoms. The molecule has 0 aliphatic heterocycles. The van der Waals surface area contributed by atoms with E-state index in [0.717, 1.165) is 0 Å². The van der Waals surface area contributed by atoms with E-state index in [1.54, 1.807) is 121 Å². The number of alkyl halides is 3. The minimum absolute atomic E-state index is 0.205. The Bertz CT molecular complexity index is 1410. The normalized spacial score (nSPS) is 13.8. The van der Waals surface area contributed by atoms with Crippen molar-refractivity contribution in [1.82, 2.24) is 0 Å². The van der Waals surface area contributed by atoms with Crippen LogP contribution in [0.2, 0.25) is 0 Å². The molecule has 0 saturated carbocycles. The van der Waals surface area contributed by atoms with E-state index < -0.39 is 45.2 Å². The van der Waals surface area contributed by atoms with E-state index in [-0.39, 0.29) is 19.8 Å². The molecule has 8 nitrogen and oxygen atoms in total. The van der Waals surface area contributed by atoms with Crippen LogP contribution in [0.5, 0.6) is 0 Å². The lowest BCUT2D eigenvalue weighted by Crippen LogP contribution is -2.61. The van der Waals surface area contributed by atoms with Crippen molar-refractivity contribution in [3.05, 3.63) is 144 Å². The number of phosphoric acid groups is 1. The molecule has 0 fully saturated rings. The second kappa shape index (κ2) is 16.3. The lowest BCUT2D eigenvalue weighted by atomic mass is 10.0. The Hall–Kier alpha value is -3.38. The summed E-state index contributed by atoms with van der Waals surface area (Å²) in [5.41, 5.74) is 2.30. The monoisotopic (exact) mass is 646 g/mol. The third-order valence-electron chi connectivity index (χ3n) is 6.59. The molecule has 0 aliphatic carbocycles. The highest BCUT2D eigenvalue weighted by atomic mass is 31.2. The van der Waals surface area contributed by atoms with Crippen LogP contribution in [-0.4, -0.2) is 41.0 Å². The fourth-order valence-electron chi connectivity index (χ4n) is 4.14. The summed E-state index contributed by atoms with van der Waals surface area (Å²) < 4.78 is 84.0. The lowest BCUT2D eigenvalue weighted by molar-refractivity contribution is -0.395. The van der Waals surface area contributed by atoms with Gasteiger partial charge in [-0.25, -0.2) is 4.57 Å². The van der Waals surface area contributed by atoms with Gasteiger partial charge in [0.25, 0.3) is 5.79 Å². The van der Waals surface area contributed by atoms with Gasteiger partial charge in [-0.2, -0.15) is 13.2 Å². The molecule has 0 aliphatic rings. The van der Waals surface area contributed by atoms with Gasteiger partial charge in [-0.15, -0.1) is 0 Å². The van der Waals surface area contributed by atoms with E-state index in [0.29, 0.717) is 22.3 Å². The fraction of sp³-hybridized carbons (Fsp3) is 0.273. The summed E-state index contributed by atoms with van der Waals surface area (Å²) in [7, 11) is -4.49. The van der Waals surface area contributed by atoms with E-state index in [2.05, 4.69) is 0 Å². The minimum Gasteiger partial charge on any atom is -0.368 e. The molecule has 4 rings (SSSR count). The van der Waals surface area contributed by atoms with Gasteiger partial charge in [0.2, 0.25) is 0 Å². The Labute approximate surface area is 259 Å². The Balaban J connectivity index is 1.61. The highest BCUT2D eigenvalue weighted by Gasteiger charge is 2.61. The molecular formula is C33H34F3O8P. The first-order chi connectivity index (χ1) is 21.6. The van der Waals surface area contributed by atoms with Gasteiger partial charge in [0.15, 0.2) is 0 Å². The molecule has 2 N–H and O–H groups in total. The van der Waals surface area contributed by atoms with Crippen LogP contribution < -0.4 is 0 Å². The molecular weight excluding hydrogens is 612 g/mol. The molecule has 4 aromatic carbocycles. The maximum absolute atomic E-state index is 14.0. The summed E-state index contributed by atoms with van der Waals surface area (Å²) in [6, 6.07) is 34.1. The Morgan fingerprint density at radius 3 is 1.29 bits per heavy atom. The van der Waals surface area contributed by atoms with Crippen molar-refractivity contribution in [2.24, 2.45) is 0 Å². The summed E-state index contributed by atoms with van der Waals surface area (Å²) in [5, 5.41) is 20.9. The lowest BCUT2D eigenvalue weighted by Gasteiger charge is -2.37. The van der Waals surface area contributed by atoms with Crippen LogP contribution in [-0.2, 0) is 54.0 Å². The quantitative estimate of drug-likeness (QED) is 0.0938. The molecule has 0 heterocycles. The first-order valence-corrected chi connectivity index (χ1v) is 15.5. The highest BCUT2D eigenvalue weighted by Crippen LogP contribution is 2.51. The minimum atomic E-state index is -5.56. The smallest absolute Gasteiger partial charge is 0.368 e. The van der Waals surface area contributed by atoms with Crippen molar-refractivity contribution in [3.8, 4) is 0 Å². The average Bonchev–Trinajstić information content (AvgIpc) is 3.05. The SMILES string of the molecule is O=P(OCc1ccccc1)(OCc1ccccc1)OC[C@@H](OCc1ccccc1)[C@H](OCc1ccccc1)C(O)(O)C(F)(F)F. The van der Waals surface area contributed by atoms with Crippen LogP contribution in [0.3, 0.4) is 0 Å². The molecule has 4 aromatic rings. The van der Waals surface area contributed by atoms with E-state index in [1.165, 1.54) is 0 Å². The molecule has 0 aromatic heterocycles. The molecule has 0 radical (unpaired) electrons. The van der Waals surface area contributed by atoms with Gasteiger partial charge in [-0.3, -0.25) is 13.6 Å². The summed E-state index contributed by atoms with van der Waals surface area (Å²) >= 11 is 0. The number of rotatable bonds is 17. The topological polar surface area (TPSA) is 104 Å². The summed E-state index contributed by atoms with van der Waals surface area (Å²) in [6.07, 6.45) is -9.82. The second-order valence-electron chi connectivity index (χ2n) is 10.0. The molecule has 2 atom stereocenters. The van der Waals surface area contributed by atoms with Crippen molar-refractivity contribution < 1.29 is 51.0 Å². The first-order valence-electron chi connectivity index (χ1n) is 14.0. The third-order valence-corrected chi connectivity index (χ3v) is 7.95. The van der Waals surface area contributed by atoms with Crippen LogP contribution in [0.4, 0.5) is 13.2 Å². The first kappa shape index (κ1) is 34.5.